The molecular weight excluding hydrogens is 279 g/mol. The lowest BCUT2D eigenvalue weighted by Crippen LogP contribution is -1.89. The van der Waals surface area contributed by atoms with Crippen LogP contribution in [0, 0.1) is 5.82 Å². The number of aromatic nitrogens is 4. The average Bonchev–Trinajstić information content (AvgIpc) is 3.06. The Labute approximate surface area is 118 Å². The molecule has 0 spiro atoms. The van der Waals surface area contributed by atoms with E-state index >= 15 is 0 Å². The molecular formula is C13H11FN4OS. The van der Waals surface area contributed by atoms with Crippen LogP contribution in [0.5, 0.6) is 0 Å². The molecule has 0 fully saturated rings. The van der Waals surface area contributed by atoms with Crippen LogP contribution in [-0.2, 0) is 12.8 Å². The lowest BCUT2D eigenvalue weighted by molar-refractivity contribution is 0.529. The van der Waals surface area contributed by atoms with Gasteiger partial charge in [0.25, 0.3) is 0 Å². The number of aryl methyl sites for hydroxylation is 1. The second kappa shape index (κ2) is 5.46. The summed E-state index contributed by atoms with van der Waals surface area (Å²) in [4.78, 5) is 4.21. The molecule has 2 aromatic heterocycles. The molecule has 0 aliphatic carbocycles. The van der Waals surface area contributed by atoms with Gasteiger partial charge in [0.05, 0.1) is 11.9 Å². The zero-order chi connectivity index (χ0) is 13.9. The van der Waals surface area contributed by atoms with Crippen molar-refractivity contribution < 1.29 is 8.81 Å². The molecule has 0 radical (unpaired) electrons. The van der Waals surface area contributed by atoms with E-state index in [4.69, 9.17) is 4.42 Å². The van der Waals surface area contributed by atoms with Crippen LogP contribution in [-0.4, -0.2) is 19.7 Å². The molecule has 0 saturated carbocycles. The predicted octanol–water partition coefficient (Wildman–Crippen LogP) is 2.90. The highest BCUT2D eigenvalue weighted by atomic mass is 32.2. The first-order valence-corrected chi connectivity index (χ1v) is 6.88. The highest BCUT2D eigenvalue weighted by molar-refractivity contribution is 7.98. The molecule has 0 aliphatic heterocycles. The van der Waals surface area contributed by atoms with Gasteiger partial charge < -0.3 is 8.98 Å². The van der Waals surface area contributed by atoms with Crippen LogP contribution in [0.3, 0.4) is 0 Å². The molecule has 0 atom stereocenters. The molecule has 0 unspecified atom stereocenters. The van der Waals surface area contributed by atoms with Crippen LogP contribution in [0.2, 0.25) is 0 Å². The van der Waals surface area contributed by atoms with Crippen LogP contribution in [0.25, 0.3) is 11.3 Å². The smallest absolute Gasteiger partial charge is 0.205 e. The van der Waals surface area contributed by atoms with Crippen molar-refractivity contribution in [3.63, 3.8) is 0 Å². The van der Waals surface area contributed by atoms with Gasteiger partial charge in [-0.15, -0.1) is 10.2 Å². The van der Waals surface area contributed by atoms with Gasteiger partial charge in [-0.3, -0.25) is 0 Å². The topological polar surface area (TPSA) is 56.7 Å². The van der Waals surface area contributed by atoms with Crippen molar-refractivity contribution in [2.24, 2.45) is 7.05 Å². The van der Waals surface area contributed by atoms with E-state index in [9.17, 15) is 4.39 Å². The minimum atomic E-state index is -0.272. The Balaban J connectivity index is 1.71. The molecule has 0 N–H and O–H groups in total. The molecule has 0 aliphatic rings. The fraction of sp³-hybridized carbons (Fsp3) is 0.154. The fourth-order valence-corrected chi connectivity index (χ4v) is 2.40. The Morgan fingerprint density at radius 2 is 2.10 bits per heavy atom. The Morgan fingerprint density at radius 3 is 2.80 bits per heavy atom. The normalized spacial score (nSPS) is 10.9. The van der Waals surface area contributed by atoms with E-state index in [-0.39, 0.29) is 5.82 Å². The first-order valence-electron chi connectivity index (χ1n) is 5.90. The molecule has 20 heavy (non-hydrogen) atoms. The molecule has 3 aromatic rings. The lowest BCUT2D eigenvalue weighted by Gasteiger charge is -1.97. The third kappa shape index (κ3) is 2.72. The SMILES string of the molecule is Cn1cnnc1SCc1ncc(-c2ccc(F)cc2)o1. The van der Waals surface area contributed by atoms with Crippen molar-refractivity contribution in [1.82, 2.24) is 19.7 Å². The lowest BCUT2D eigenvalue weighted by atomic mass is 10.2. The van der Waals surface area contributed by atoms with Gasteiger partial charge in [-0.05, 0) is 24.3 Å². The maximum absolute atomic E-state index is 12.9. The number of oxazole rings is 1. The van der Waals surface area contributed by atoms with Crippen molar-refractivity contribution in [1.29, 1.82) is 0 Å². The van der Waals surface area contributed by atoms with Gasteiger partial charge in [0.1, 0.15) is 12.1 Å². The minimum Gasteiger partial charge on any atom is -0.440 e. The standard InChI is InChI=1S/C13H11FN4OS/c1-18-8-16-17-13(18)20-7-12-15-6-11(19-12)9-2-4-10(14)5-3-9/h2-6,8H,7H2,1H3. The molecule has 2 heterocycles. The van der Waals surface area contributed by atoms with Gasteiger partial charge in [0.15, 0.2) is 10.9 Å². The zero-order valence-corrected chi connectivity index (χ0v) is 11.5. The van der Waals surface area contributed by atoms with E-state index in [0.717, 1.165) is 10.7 Å². The summed E-state index contributed by atoms with van der Waals surface area (Å²) in [7, 11) is 1.88. The van der Waals surface area contributed by atoms with Crippen molar-refractivity contribution in [2.45, 2.75) is 10.9 Å². The van der Waals surface area contributed by atoms with E-state index in [1.807, 2.05) is 11.6 Å². The quantitative estimate of drug-likeness (QED) is 0.691. The fourth-order valence-electron chi connectivity index (χ4n) is 1.65. The summed E-state index contributed by atoms with van der Waals surface area (Å²) in [5, 5.41) is 8.57. The van der Waals surface area contributed by atoms with Crippen molar-refractivity contribution in [3.05, 3.63) is 48.5 Å². The van der Waals surface area contributed by atoms with Gasteiger partial charge in [0, 0.05) is 12.6 Å². The number of hydrogen-bond acceptors (Lipinski definition) is 5. The van der Waals surface area contributed by atoms with Crippen LogP contribution >= 0.6 is 11.8 Å². The highest BCUT2D eigenvalue weighted by Gasteiger charge is 2.09. The summed E-state index contributed by atoms with van der Waals surface area (Å²) >= 11 is 1.49. The van der Waals surface area contributed by atoms with Gasteiger partial charge in [-0.2, -0.15) is 0 Å². The Bertz CT molecular complexity index is 707. The van der Waals surface area contributed by atoms with Crippen molar-refractivity contribution in [2.75, 3.05) is 0 Å². The second-order valence-corrected chi connectivity index (χ2v) is 5.08. The van der Waals surface area contributed by atoms with E-state index in [0.29, 0.717) is 17.4 Å². The number of halogens is 1. The largest absolute Gasteiger partial charge is 0.440 e. The summed E-state index contributed by atoms with van der Waals surface area (Å²) in [5.74, 6) is 1.51. The van der Waals surface area contributed by atoms with Crippen LogP contribution in [0.15, 0.2) is 46.4 Å². The summed E-state index contributed by atoms with van der Waals surface area (Å²) in [6, 6.07) is 6.11. The number of benzene rings is 1. The summed E-state index contributed by atoms with van der Waals surface area (Å²) in [5.41, 5.74) is 0.800. The van der Waals surface area contributed by atoms with Gasteiger partial charge in [-0.1, -0.05) is 11.8 Å². The second-order valence-electron chi connectivity index (χ2n) is 4.14. The van der Waals surface area contributed by atoms with Gasteiger partial charge in [-0.25, -0.2) is 9.37 Å². The van der Waals surface area contributed by atoms with E-state index in [2.05, 4.69) is 15.2 Å². The molecule has 3 rings (SSSR count). The average molecular weight is 290 g/mol. The number of hydrogen-bond donors (Lipinski definition) is 0. The predicted molar refractivity (Wildman–Crippen MR) is 72.5 cm³/mol. The number of thioether (sulfide) groups is 1. The third-order valence-corrected chi connectivity index (χ3v) is 3.70. The Morgan fingerprint density at radius 1 is 1.30 bits per heavy atom. The zero-order valence-electron chi connectivity index (χ0n) is 10.7. The minimum absolute atomic E-state index is 0.272. The Kier molecular flexibility index (Phi) is 3.51. The van der Waals surface area contributed by atoms with Gasteiger partial charge >= 0.3 is 0 Å². The van der Waals surface area contributed by atoms with Crippen LogP contribution in [0.1, 0.15) is 5.89 Å². The molecule has 0 amide bonds. The number of nitrogens with zero attached hydrogens (tertiary/aromatic N) is 4. The molecule has 5 nitrogen and oxygen atoms in total. The molecule has 102 valence electrons. The molecule has 0 saturated heterocycles. The summed E-state index contributed by atoms with van der Waals surface area (Å²) in [6.07, 6.45) is 3.28. The van der Waals surface area contributed by atoms with Crippen molar-refractivity contribution >= 4 is 11.8 Å². The molecule has 7 heteroatoms. The highest BCUT2D eigenvalue weighted by Crippen LogP contribution is 2.24. The van der Waals surface area contributed by atoms with E-state index in [1.54, 1.807) is 24.7 Å². The van der Waals surface area contributed by atoms with Crippen molar-refractivity contribution in [3.8, 4) is 11.3 Å². The summed E-state index contributed by atoms with van der Waals surface area (Å²) in [6.45, 7) is 0. The summed E-state index contributed by atoms with van der Waals surface area (Å²) < 4.78 is 20.3. The van der Waals surface area contributed by atoms with Crippen LogP contribution in [0.4, 0.5) is 4.39 Å². The van der Waals surface area contributed by atoms with Crippen LogP contribution < -0.4 is 0 Å². The molecule has 1 aromatic carbocycles. The first kappa shape index (κ1) is 12.9. The Hall–Kier alpha value is -2.15. The first-order chi connectivity index (χ1) is 9.72. The monoisotopic (exact) mass is 290 g/mol. The van der Waals surface area contributed by atoms with Gasteiger partial charge in [0.2, 0.25) is 5.89 Å². The maximum atomic E-state index is 12.9. The maximum Gasteiger partial charge on any atom is 0.205 e. The number of rotatable bonds is 4. The third-order valence-electron chi connectivity index (χ3n) is 2.68. The molecule has 0 bridgehead atoms. The van der Waals surface area contributed by atoms with E-state index < -0.39 is 0 Å². The van der Waals surface area contributed by atoms with E-state index in [1.165, 1.54) is 23.9 Å².